The summed E-state index contributed by atoms with van der Waals surface area (Å²) >= 11 is 0. The number of aromatic nitrogens is 1. The molecule has 1 nitrogen and oxygen atoms in total. The molecule has 0 saturated heterocycles. The molecule has 0 fully saturated rings. The third-order valence-electron chi connectivity index (χ3n) is 4.63. The maximum absolute atomic E-state index is 2.36. The maximum Gasteiger partial charge on any atom is 0.220 e. The van der Waals surface area contributed by atoms with Gasteiger partial charge in [-0.3, -0.25) is 0 Å². The van der Waals surface area contributed by atoms with Crippen molar-refractivity contribution in [1.82, 2.24) is 0 Å². The third-order valence-corrected chi connectivity index (χ3v) is 4.63. The maximum atomic E-state index is 2.36. The monoisotopic (exact) mass is 290 g/mol. The Kier molecular flexibility index (Phi) is 3.74. The fourth-order valence-corrected chi connectivity index (χ4v) is 3.10. The standard InChI is InChI=1S/C21H24N/c1-14(2)17-11-10-15(3)20(13-17)21-19-9-7-6-8-18(19)12-16(4)22(21)5/h6-14H,1-5H3/q+1. The molecule has 0 N–H and O–H groups in total. The van der Waals surface area contributed by atoms with Gasteiger partial charge in [-0.05, 0) is 41.5 Å². The van der Waals surface area contributed by atoms with E-state index < -0.39 is 0 Å². The van der Waals surface area contributed by atoms with Gasteiger partial charge in [-0.1, -0.05) is 44.2 Å². The Hall–Kier alpha value is -2.15. The molecule has 0 aliphatic heterocycles. The van der Waals surface area contributed by atoms with Crippen LogP contribution in [0.1, 0.15) is 36.6 Å². The predicted molar refractivity (Wildman–Crippen MR) is 94.1 cm³/mol. The van der Waals surface area contributed by atoms with Crippen molar-refractivity contribution in [3.63, 3.8) is 0 Å². The molecule has 22 heavy (non-hydrogen) atoms. The van der Waals surface area contributed by atoms with E-state index in [1.165, 1.54) is 38.9 Å². The minimum absolute atomic E-state index is 0.542. The summed E-state index contributed by atoms with van der Waals surface area (Å²) in [6.07, 6.45) is 0. The molecule has 1 aromatic heterocycles. The van der Waals surface area contributed by atoms with Crippen LogP contribution >= 0.6 is 0 Å². The SMILES string of the molecule is Cc1ccc(C(C)C)cc1-c1c2ccccc2cc(C)[n+]1C. The molecule has 0 atom stereocenters. The van der Waals surface area contributed by atoms with Gasteiger partial charge in [0, 0.05) is 18.6 Å². The van der Waals surface area contributed by atoms with E-state index in [0.717, 1.165) is 0 Å². The zero-order valence-electron chi connectivity index (χ0n) is 14.1. The van der Waals surface area contributed by atoms with Gasteiger partial charge in [-0.25, -0.2) is 0 Å². The van der Waals surface area contributed by atoms with E-state index in [-0.39, 0.29) is 0 Å². The Balaban J connectivity index is 2.39. The van der Waals surface area contributed by atoms with Gasteiger partial charge < -0.3 is 0 Å². The van der Waals surface area contributed by atoms with E-state index in [4.69, 9.17) is 0 Å². The van der Waals surface area contributed by atoms with E-state index in [0.29, 0.717) is 5.92 Å². The molecule has 0 aliphatic carbocycles. The molecule has 1 heterocycles. The van der Waals surface area contributed by atoms with Gasteiger partial charge in [-0.15, -0.1) is 0 Å². The minimum Gasteiger partial charge on any atom is -0.198 e. The summed E-state index contributed by atoms with van der Waals surface area (Å²) in [6, 6.07) is 17.8. The van der Waals surface area contributed by atoms with Gasteiger partial charge in [0.15, 0.2) is 5.69 Å². The van der Waals surface area contributed by atoms with Crippen LogP contribution in [0.4, 0.5) is 0 Å². The lowest BCUT2D eigenvalue weighted by Gasteiger charge is -2.13. The lowest BCUT2D eigenvalue weighted by atomic mass is 9.93. The van der Waals surface area contributed by atoms with Gasteiger partial charge >= 0.3 is 0 Å². The van der Waals surface area contributed by atoms with Crippen LogP contribution in [0.5, 0.6) is 0 Å². The van der Waals surface area contributed by atoms with E-state index in [1.54, 1.807) is 0 Å². The summed E-state index contributed by atoms with van der Waals surface area (Å²) in [4.78, 5) is 0. The summed E-state index contributed by atoms with van der Waals surface area (Å²) in [5.41, 5.74) is 6.66. The van der Waals surface area contributed by atoms with Gasteiger partial charge in [-0.2, -0.15) is 4.57 Å². The quantitative estimate of drug-likeness (QED) is 0.580. The van der Waals surface area contributed by atoms with Crippen LogP contribution in [-0.4, -0.2) is 0 Å². The molecule has 0 bridgehead atoms. The number of rotatable bonds is 2. The van der Waals surface area contributed by atoms with E-state index >= 15 is 0 Å². The molecular formula is C21H24N+. The summed E-state index contributed by atoms with van der Waals surface area (Å²) < 4.78 is 2.31. The third kappa shape index (κ3) is 2.41. The first-order valence-electron chi connectivity index (χ1n) is 7.98. The molecule has 0 amide bonds. The average Bonchev–Trinajstić information content (AvgIpc) is 2.49. The van der Waals surface area contributed by atoms with E-state index in [1.807, 2.05) is 0 Å². The van der Waals surface area contributed by atoms with Crippen LogP contribution in [0, 0.1) is 13.8 Å². The summed E-state index contributed by atoms with van der Waals surface area (Å²) in [7, 11) is 2.17. The molecule has 3 aromatic rings. The molecule has 2 aromatic carbocycles. The average molecular weight is 290 g/mol. The van der Waals surface area contributed by atoms with Gasteiger partial charge in [0.25, 0.3) is 0 Å². The molecule has 0 spiro atoms. The minimum atomic E-state index is 0.542. The highest BCUT2D eigenvalue weighted by molar-refractivity contribution is 5.93. The fourth-order valence-electron chi connectivity index (χ4n) is 3.10. The molecule has 0 radical (unpaired) electrons. The highest BCUT2D eigenvalue weighted by Gasteiger charge is 2.19. The van der Waals surface area contributed by atoms with Crippen LogP contribution in [0.25, 0.3) is 22.0 Å². The fraction of sp³-hybridized carbons (Fsp3) is 0.286. The topological polar surface area (TPSA) is 3.88 Å². The first kappa shape index (κ1) is 14.8. The molecular weight excluding hydrogens is 266 g/mol. The lowest BCUT2D eigenvalue weighted by Crippen LogP contribution is -2.35. The Morgan fingerprint density at radius 2 is 1.64 bits per heavy atom. The van der Waals surface area contributed by atoms with Crippen molar-refractivity contribution in [1.29, 1.82) is 0 Å². The van der Waals surface area contributed by atoms with Crippen molar-refractivity contribution >= 4 is 10.8 Å². The molecule has 0 unspecified atom stereocenters. The van der Waals surface area contributed by atoms with Gasteiger partial charge in [0.05, 0.1) is 5.39 Å². The lowest BCUT2D eigenvalue weighted by molar-refractivity contribution is -0.665. The van der Waals surface area contributed by atoms with Crippen molar-refractivity contribution in [2.24, 2.45) is 7.05 Å². The summed E-state index contributed by atoms with van der Waals surface area (Å²) in [5.74, 6) is 0.542. The number of nitrogens with zero attached hydrogens (tertiary/aromatic N) is 1. The summed E-state index contributed by atoms with van der Waals surface area (Å²) in [6.45, 7) is 8.89. The smallest absolute Gasteiger partial charge is 0.198 e. The molecule has 1 heteroatoms. The zero-order chi connectivity index (χ0) is 15.9. The van der Waals surface area contributed by atoms with Crippen LogP contribution in [0.2, 0.25) is 0 Å². The van der Waals surface area contributed by atoms with Crippen molar-refractivity contribution in [2.45, 2.75) is 33.6 Å². The number of hydrogen-bond donors (Lipinski definition) is 0. The Bertz CT molecular complexity index is 844. The first-order valence-corrected chi connectivity index (χ1v) is 7.98. The van der Waals surface area contributed by atoms with Crippen LogP contribution in [0.3, 0.4) is 0 Å². The largest absolute Gasteiger partial charge is 0.220 e. The Morgan fingerprint density at radius 3 is 2.36 bits per heavy atom. The van der Waals surface area contributed by atoms with Crippen molar-refractivity contribution in [3.05, 3.63) is 65.4 Å². The van der Waals surface area contributed by atoms with Gasteiger partial charge in [0.2, 0.25) is 5.69 Å². The highest BCUT2D eigenvalue weighted by Crippen LogP contribution is 2.30. The molecule has 3 rings (SSSR count). The van der Waals surface area contributed by atoms with Crippen LogP contribution in [-0.2, 0) is 7.05 Å². The summed E-state index contributed by atoms with van der Waals surface area (Å²) in [5, 5.41) is 2.63. The van der Waals surface area contributed by atoms with E-state index in [9.17, 15) is 0 Å². The van der Waals surface area contributed by atoms with Gasteiger partial charge in [0.1, 0.15) is 7.05 Å². The number of benzene rings is 2. The number of pyridine rings is 1. The second-order valence-electron chi connectivity index (χ2n) is 6.51. The van der Waals surface area contributed by atoms with Crippen molar-refractivity contribution in [3.8, 4) is 11.3 Å². The molecule has 0 aliphatic rings. The Morgan fingerprint density at radius 1 is 0.909 bits per heavy atom. The van der Waals surface area contributed by atoms with Crippen molar-refractivity contribution < 1.29 is 4.57 Å². The van der Waals surface area contributed by atoms with Crippen LogP contribution in [0.15, 0.2) is 48.5 Å². The Labute approximate surface area is 133 Å². The van der Waals surface area contributed by atoms with Crippen LogP contribution < -0.4 is 4.57 Å². The normalized spacial score (nSPS) is 11.4. The second-order valence-corrected chi connectivity index (χ2v) is 6.51. The highest BCUT2D eigenvalue weighted by atomic mass is 14.9. The second kappa shape index (κ2) is 5.57. The zero-order valence-corrected chi connectivity index (χ0v) is 14.1. The number of aryl methyl sites for hydroxylation is 2. The molecule has 0 saturated carbocycles. The first-order chi connectivity index (χ1) is 10.5. The predicted octanol–water partition coefficient (Wildman–Crippen LogP) is 5.07. The number of fused-ring (bicyclic) bond motifs is 1. The number of hydrogen-bond acceptors (Lipinski definition) is 0. The molecule has 112 valence electrons. The van der Waals surface area contributed by atoms with Crippen molar-refractivity contribution in [2.75, 3.05) is 0 Å². The van der Waals surface area contributed by atoms with E-state index in [2.05, 4.69) is 87.8 Å².